The van der Waals surface area contributed by atoms with Gasteiger partial charge in [0.05, 0.1) is 30.3 Å². The van der Waals surface area contributed by atoms with Crippen LogP contribution in [0.15, 0.2) is 24.5 Å². The third-order valence-corrected chi connectivity index (χ3v) is 6.90. The maximum absolute atomic E-state index is 14.6. The second-order valence-electron chi connectivity index (χ2n) is 9.63. The molecule has 1 saturated carbocycles. The Kier molecular flexibility index (Phi) is 6.78. The van der Waals surface area contributed by atoms with Crippen LogP contribution in [0.3, 0.4) is 0 Å². The van der Waals surface area contributed by atoms with Crippen molar-refractivity contribution in [3.63, 3.8) is 0 Å². The number of amides is 2. The van der Waals surface area contributed by atoms with Crippen LogP contribution >= 0.6 is 0 Å². The smallest absolute Gasteiger partial charge is 0.263 e. The molecule has 0 unspecified atom stereocenters. The Morgan fingerprint density at radius 1 is 1.24 bits per heavy atom. The number of ether oxygens (including phenoxy) is 1. The SMILES string of the molecule is CCC(=O)N1C[C@H](F)[C@H](NC(=O)c2c(C)[nH]c3c(-c4cc(C(F)F)ccc4OCC4CC4)ncnc23)C1. The first-order chi connectivity index (χ1) is 17.8. The molecule has 8 nitrogen and oxygen atoms in total. The monoisotopic (exact) mass is 515 g/mol. The molecule has 2 amide bonds. The molecular weight excluding hydrogens is 487 g/mol. The number of carbonyl (C=O) groups excluding carboxylic acids is 2. The van der Waals surface area contributed by atoms with Gasteiger partial charge >= 0.3 is 0 Å². The summed E-state index contributed by atoms with van der Waals surface area (Å²) in [5.74, 6) is 0.153. The van der Waals surface area contributed by atoms with E-state index in [1.807, 2.05) is 0 Å². The Balaban J connectivity index is 1.48. The molecule has 11 heteroatoms. The molecule has 1 aliphatic carbocycles. The van der Waals surface area contributed by atoms with Crippen LogP contribution in [0.25, 0.3) is 22.3 Å². The Bertz CT molecular complexity index is 1340. The lowest BCUT2D eigenvalue weighted by molar-refractivity contribution is -0.130. The van der Waals surface area contributed by atoms with Crippen LogP contribution in [0.2, 0.25) is 0 Å². The number of rotatable bonds is 8. The normalized spacial score (nSPS) is 19.6. The van der Waals surface area contributed by atoms with E-state index in [0.29, 0.717) is 40.7 Å². The van der Waals surface area contributed by atoms with E-state index in [-0.39, 0.29) is 42.1 Å². The zero-order valence-electron chi connectivity index (χ0n) is 20.6. The number of likely N-dealkylation sites (tertiary alicyclic amines) is 1. The molecule has 37 heavy (non-hydrogen) atoms. The molecule has 2 aliphatic rings. The van der Waals surface area contributed by atoms with Crippen LogP contribution in [0, 0.1) is 12.8 Å². The number of fused-ring (bicyclic) bond motifs is 1. The van der Waals surface area contributed by atoms with Gasteiger partial charge in [-0.3, -0.25) is 9.59 Å². The van der Waals surface area contributed by atoms with E-state index in [2.05, 4.69) is 20.3 Å². The number of aromatic nitrogens is 3. The molecule has 1 aliphatic heterocycles. The fourth-order valence-corrected chi connectivity index (χ4v) is 4.66. The van der Waals surface area contributed by atoms with Crippen molar-refractivity contribution in [3.8, 4) is 17.0 Å². The highest BCUT2D eigenvalue weighted by Crippen LogP contribution is 2.38. The molecule has 3 heterocycles. The van der Waals surface area contributed by atoms with E-state index in [4.69, 9.17) is 4.74 Å². The number of hydrogen-bond acceptors (Lipinski definition) is 5. The Labute approximate surface area is 211 Å². The number of aryl methyl sites for hydroxylation is 1. The summed E-state index contributed by atoms with van der Waals surface area (Å²) in [6, 6.07) is 3.34. The summed E-state index contributed by atoms with van der Waals surface area (Å²) in [4.78, 5) is 38.4. The fraction of sp³-hybridized carbons (Fsp3) is 0.462. The number of carbonyl (C=O) groups is 2. The largest absolute Gasteiger partial charge is 0.493 e. The first-order valence-corrected chi connectivity index (χ1v) is 12.4. The first-order valence-electron chi connectivity index (χ1n) is 12.4. The van der Waals surface area contributed by atoms with Crippen LogP contribution in [0.4, 0.5) is 13.2 Å². The zero-order chi connectivity index (χ0) is 26.3. The summed E-state index contributed by atoms with van der Waals surface area (Å²) < 4.78 is 47.6. The highest BCUT2D eigenvalue weighted by molar-refractivity contribution is 6.09. The number of halogens is 3. The molecule has 0 bridgehead atoms. The Hall–Kier alpha value is -3.63. The Morgan fingerprint density at radius 3 is 2.73 bits per heavy atom. The molecule has 3 aromatic rings. The summed E-state index contributed by atoms with van der Waals surface area (Å²) in [5, 5.41) is 2.70. The van der Waals surface area contributed by atoms with Gasteiger partial charge in [0.1, 0.15) is 29.5 Å². The molecule has 2 aromatic heterocycles. The number of nitrogens with one attached hydrogen (secondary N) is 2. The van der Waals surface area contributed by atoms with Gasteiger partial charge < -0.3 is 19.9 Å². The molecule has 2 N–H and O–H groups in total. The van der Waals surface area contributed by atoms with Gasteiger partial charge in [-0.05, 0) is 43.9 Å². The van der Waals surface area contributed by atoms with E-state index >= 15 is 0 Å². The molecular formula is C26H28F3N5O3. The van der Waals surface area contributed by atoms with E-state index in [0.717, 1.165) is 12.8 Å². The highest BCUT2D eigenvalue weighted by atomic mass is 19.3. The number of aromatic amines is 1. The fourth-order valence-electron chi connectivity index (χ4n) is 4.66. The second-order valence-corrected chi connectivity index (χ2v) is 9.63. The quantitative estimate of drug-likeness (QED) is 0.465. The predicted octanol–water partition coefficient (Wildman–Crippen LogP) is 4.35. The average Bonchev–Trinajstić information content (AvgIpc) is 3.55. The lowest BCUT2D eigenvalue weighted by atomic mass is 10.0. The van der Waals surface area contributed by atoms with Gasteiger partial charge in [0, 0.05) is 29.8 Å². The maximum Gasteiger partial charge on any atom is 0.263 e. The minimum absolute atomic E-state index is 0.0685. The van der Waals surface area contributed by atoms with Gasteiger partial charge in [-0.15, -0.1) is 0 Å². The van der Waals surface area contributed by atoms with Crippen molar-refractivity contribution in [1.29, 1.82) is 0 Å². The van der Waals surface area contributed by atoms with Crippen LogP contribution in [-0.2, 0) is 4.79 Å². The average molecular weight is 516 g/mol. The van der Waals surface area contributed by atoms with Crippen LogP contribution in [-0.4, -0.2) is 63.6 Å². The minimum atomic E-state index is -2.68. The third kappa shape index (κ3) is 4.99. The third-order valence-electron chi connectivity index (χ3n) is 6.90. The van der Waals surface area contributed by atoms with Crippen molar-refractivity contribution in [2.24, 2.45) is 5.92 Å². The number of alkyl halides is 3. The molecule has 196 valence electrons. The summed E-state index contributed by atoms with van der Waals surface area (Å²) in [6.07, 6.45) is -0.411. The van der Waals surface area contributed by atoms with Crippen LogP contribution < -0.4 is 10.1 Å². The van der Waals surface area contributed by atoms with Crippen molar-refractivity contribution >= 4 is 22.8 Å². The maximum atomic E-state index is 14.6. The van der Waals surface area contributed by atoms with Gasteiger partial charge in [-0.25, -0.2) is 23.1 Å². The van der Waals surface area contributed by atoms with Crippen molar-refractivity contribution in [2.75, 3.05) is 19.7 Å². The second kappa shape index (κ2) is 10.0. The van der Waals surface area contributed by atoms with Crippen molar-refractivity contribution in [3.05, 3.63) is 41.3 Å². The number of nitrogens with zero attached hydrogens (tertiary/aromatic N) is 3. The summed E-state index contributed by atoms with van der Waals surface area (Å²) >= 11 is 0. The molecule has 0 radical (unpaired) electrons. The molecule has 1 saturated heterocycles. The molecule has 0 spiro atoms. The van der Waals surface area contributed by atoms with Gasteiger partial charge in [-0.1, -0.05) is 6.92 Å². The molecule has 2 atom stereocenters. The molecule has 2 fully saturated rings. The number of benzene rings is 1. The van der Waals surface area contributed by atoms with Crippen LogP contribution in [0.5, 0.6) is 5.75 Å². The predicted molar refractivity (Wildman–Crippen MR) is 130 cm³/mol. The van der Waals surface area contributed by atoms with Crippen molar-refractivity contribution in [2.45, 2.75) is 51.7 Å². The number of hydrogen-bond donors (Lipinski definition) is 2. The minimum Gasteiger partial charge on any atom is -0.493 e. The van der Waals surface area contributed by atoms with E-state index in [1.165, 1.54) is 29.4 Å². The van der Waals surface area contributed by atoms with Gasteiger partial charge in [0.15, 0.2) is 0 Å². The van der Waals surface area contributed by atoms with E-state index in [1.54, 1.807) is 13.8 Å². The van der Waals surface area contributed by atoms with Crippen molar-refractivity contribution in [1.82, 2.24) is 25.2 Å². The lowest BCUT2D eigenvalue weighted by Crippen LogP contribution is -2.42. The topological polar surface area (TPSA) is 100 Å². The Morgan fingerprint density at radius 2 is 2.03 bits per heavy atom. The molecule has 5 rings (SSSR count). The van der Waals surface area contributed by atoms with Crippen molar-refractivity contribution < 1.29 is 27.5 Å². The summed E-state index contributed by atoms with van der Waals surface area (Å²) in [5.41, 5.74) is 1.86. The van der Waals surface area contributed by atoms with Gasteiger partial charge in [0.2, 0.25) is 5.91 Å². The standard InChI is InChI=1S/C26H28F3N5O3/c1-3-20(35)34-9-17(27)18(10-34)33-26(36)21-13(2)32-24-22(30-12-31-23(21)24)16-8-15(25(28)29)6-7-19(16)37-11-14-4-5-14/h6-8,12,14,17-18,25,32H,3-5,9-11H2,1-2H3,(H,33,36)/t17-,18+/m0/s1. The van der Waals surface area contributed by atoms with E-state index in [9.17, 15) is 22.8 Å². The van der Waals surface area contributed by atoms with Crippen LogP contribution in [0.1, 0.15) is 54.2 Å². The van der Waals surface area contributed by atoms with Gasteiger partial charge in [0.25, 0.3) is 12.3 Å². The molecule has 1 aromatic carbocycles. The highest BCUT2D eigenvalue weighted by Gasteiger charge is 2.36. The first kappa shape index (κ1) is 25.0. The summed E-state index contributed by atoms with van der Waals surface area (Å²) in [7, 11) is 0. The zero-order valence-corrected chi connectivity index (χ0v) is 20.6. The van der Waals surface area contributed by atoms with E-state index < -0.39 is 24.5 Å². The lowest BCUT2D eigenvalue weighted by Gasteiger charge is -2.16. The number of H-pyrrole nitrogens is 1. The summed E-state index contributed by atoms with van der Waals surface area (Å²) in [6.45, 7) is 3.88. The van der Waals surface area contributed by atoms with Gasteiger partial charge in [-0.2, -0.15) is 0 Å².